The van der Waals surface area contributed by atoms with Crippen LogP contribution >= 0.6 is 0 Å². The Morgan fingerprint density at radius 1 is 1.00 bits per heavy atom. The van der Waals surface area contributed by atoms with Crippen LogP contribution in [0.3, 0.4) is 0 Å². The number of hydrogen-bond donors (Lipinski definition) is 1. The van der Waals surface area contributed by atoms with Crippen molar-refractivity contribution in [1.82, 2.24) is 0 Å². The van der Waals surface area contributed by atoms with Crippen molar-refractivity contribution in [2.75, 3.05) is 5.32 Å². The normalized spacial score (nSPS) is 10.2. The molecule has 2 heteroatoms. The van der Waals surface area contributed by atoms with Crippen LogP contribution in [-0.2, 0) is 17.6 Å². The predicted octanol–water partition coefficient (Wildman–Crippen LogP) is 3.74. The molecule has 0 aliphatic rings. The van der Waals surface area contributed by atoms with Gasteiger partial charge in [-0.2, -0.15) is 0 Å². The van der Waals surface area contributed by atoms with Gasteiger partial charge in [0.25, 0.3) is 0 Å². The van der Waals surface area contributed by atoms with E-state index in [2.05, 4.69) is 24.4 Å². The molecule has 0 aliphatic carbocycles. The number of hydrogen-bond acceptors (Lipinski definition) is 1. The zero-order valence-corrected chi connectivity index (χ0v) is 11.4. The third-order valence-electron chi connectivity index (χ3n) is 3.22. The lowest BCUT2D eigenvalue weighted by atomic mass is 10.1. The third-order valence-corrected chi connectivity index (χ3v) is 3.22. The molecule has 0 aliphatic heterocycles. The highest BCUT2D eigenvalue weighted by Crippen LogP contribution is 2.14. The van der Waals surface area contributed by atoms with Crippen molar-refractivity contribution < 1.29 is 4.79 Å². The number of para-hydroxylation sites is 1. The van der Waals surface area contributed by atoms with Gasteiger partial charge < -0.3 is 5.32 Å². The summed E-state index contributed by atoms with van der Waals surface area (Å²) >= 11 is 0. The molecule has 0 saturated carbocycles. The van der Waals surface area contributed by atoms with Crippen LogP contribution < -0.4 is 5.32 Å². The van der Waals surface area contributed by atoms with Crippen LogP contribution in [0.25, 0.3) is 0 Å². The number of carbonyl (C=O) groups is 1. The molecule has 0 radical (unpaired) electrons. The molecule has 0 fully saturated rings. The summed E-state index contributed by atoms with van der Waals surface area (Å²) in [6, 6.07) is 16.0. The maximum absolute atomic E-state index is 12.0. The minimum atomic E-state index is 0.0264. The van der Waals surface area contributed by atoms with E-state index in [1.165, 1.54) is 5.56 Å². The monoisotopic (exact) mass is 253 g/mol. The molecule has 0 atom stereocenters. The summed E-state index contributed by atoms with van der Waals surface area (Å²) in [5, 5.41) is 2.95. The second-order valence-electron chi connectivity index (χ2n) is 4.71. The van der Waals surface area contributed by atoms with E-state index < -0.39 is 0 Å². The van der Waals surface area contributed by atoms with Crippen LogP contribution in [0.5, 0.6) is 0 Å². The third kappa shape index (κ3) is 3.68. The Morgan fingerprint density at radius 2 is 1.63 bits per heavy atom. The van der Waals surface area contributed by atoms with Gasteiger partial charge in [-0.15, -0.1) is 0 Å². The Balaban J connectivity index is 1.99. The van der Waals surface area contributed by atoms with Crippen molar-refractivity contribution in [2.45, 2.75) is 26.7 Å². The largest absolute Gasteiger partial charge is 0.326 e. The van der Waals surface area contributed by atoms with Gasteiger partial charge in [0.1, 0.15) is 0 Å². The maximum Gasteiger partial charge on any atom is 0.228 e. The Labute approximate surface area is 114 Å². The van der Waals surface area contributed by atoms with Gasteiger partial charge in [-0.3, -0.25) is 4.79 Å². The molecular formula is C17H19NO. The summed E-state index contributed by atoms with van der Waals surface area (Å²) in [5.74, 6) is 0.0264. The molecule has 0 bridgehead atoms. The van der Waals surface area contributed by atoms with Crippen LogP contribution in [0, 0.1) is 6.92 Å². The van der Waals surface area contributed by atoms with E-state index in [9.17, 15) is 4.79 Å². The molecule has 0 heterocycles. The van der Waals surface area contributed by atoms with Crippen LogP contribution in [-0.4, -0.2) is 5.91 Å². The number of benzene rings is 2. The highest BCUT2D eigenvalue weighted by Gasteiger charge is 2.05. The van der Waals surface area contributed by atoms with E-state index >= 15 is 0 Å². The fraction of sp³-hybridized carbons (Fsp3) is 0.235. The van der Waals surface area contributed by atoms with Gasteiger partial charge in [-0.05, 0) is 36.1 Å². The molecule has 2 aromatic rings. The van der Waals surface area contributed by atoms with Gasteiger partial charge in [0, 0.05) is 5.69 Å². The average molecular weight is 253 g/mol. The zero-order valence-electron chi connectivity index (χ0n) is 11.4. The summed E-state index contributed by atoms with van der Waals surface area (Å²) in [6.45, 7) is 4.12. The Kier molecular flexibility index (Phi) is 4.35. The fourth-order valence-corrected chi connectivity index (χ4v) is 1.99. The molecule has 0 aromatic heterocycles. The minimum Gasteiger partial charge on any atom is -0.326 e. The summed E-state index contributed by atoms with van der Waals surface area (Å²) in [4.78, 5) is 12.0. The van der Waals surface area contributed by atoms with Crippen LogP contribution in [0.2, 0.25) is 0 Å². The van der Waals surface area contributed by atoms with Crippen LogP contribution in [0.15, 0.2) is 48.5 Å². The summed E-state index contributed by atoms with van der Waals surface area (Å²) in [5.41, 5.74) is 4.31. The first kappa shape index (κ1) is 13.3. The van der Waals surface area contributed by atoms with E-state index in [-0.39, 0.29) is 5.91 Å². The van der Waals surface area contributed by atoms with Crippen molar-refractivity contribution in [3.8, 4) is 0 Å². The van der Waals surface area contributed by atoms with E-state index in [0.717, 1.165) is 23.2 Å². The van der Waals surface area contributed by atoms with Gasteiger partial charge >= 0.3 is 0 Å². The van der Waals surface area contributed by atoms with Gasteiger partial charge in [-0.25, -0.2) is 0 Å². The van der Waals surface area contributed by atoms with Crippen molar-refractivity contribution in [2.24, 2.45) is 0 Å². The highest BCUT2D eigenvalue weighted by atomic mass is 16.1. The number of rotatable bonds is 4. The molecular weight excluding hydrogens is 234 g/mol. The quantitative estimate of drug-likeness (QED) is 0.883. The first-order chi connectivity index (χ1) is 9.19. The number of amides is 1. The van der Waals surface area contributed by atoms with Crippen molar-refractivity contribution in [3.05, 3.63) is 65.2 Å². The molecule has 98 valence electrons. The average Bonchev–Trinajstić information content (AvgIpc) is 2.42. The highest BCUT2D eigenvalue weighted by molar-refractivity contribution is 5.92. The summed E-state index contributed by atoms with van der Waals surface area (Å²) in [7, 11) is 0. The molecule has 1 amide bonds. The van der Waals surface area contributed by atoms with Gasteiger partial charge in [0.2, 0.25) is 5.91 Å². The number of nitrogens with one attached hydrogen (secondary N) is 1. The molecule has 1 N–H and O–H groups in total. The van der Waals surface area contributed by atoms with Crippen molar-refractivity contribution in [3.63, 3.8) is 0 Å². The summed E-state index contributed by atoms with van der Waals surface area (Å²) in [6.07, 6.45) is 1.44. The van der Waals surface area contributed by atoms with E-state index in [0.29, 0.717) is 6.42 Å². The lowest BCUT2D eigenvalue weighted by Crippen LogP contribution is -2.15. The molecule has 19 heavy (non-hydrogen) atoms. The molecule has 2 aromatic carbocycles. The smallest absolute Gasteiger partial charge is 0.228 e. The summed E-state index contributed by atoms with van der Waals surface area (Å²) < 4.78 is 0. The van der Waals surface area contributed by atoms with Gasteiger partial charge in [0.05, 0.1) is 6.42 Å². The van der Waals surface area contributed by atoms with E-state index in [1.807, 2.05) is 43.3 Å². The number of carbonyl (C=O) groups excluding carboxylic acids is 1. The van der Waals surface area contributed by atoms with E-state index in [1.54, 1.807) is 0 Å². The van der Waals surface area contributed by atoms with E-state index in [4.69, 9.17) is 0 Å². The second-order valence-corrected chi connectivity index (χ2v) is 4.71. The van der Waals surface area contributed by atoms with Crippen LogP contribution in [0.4, 0.5) is 5.69 Å². The van der Waals surface area contributed by atoms with Crippen molar-refractivity contribution in [1.29, 1.82) is 0 Å². The first-order valence-electron chi connectivity index (χ1n) is 6.62. The standard InChI is InChI=1S/C17H19NO/c1-3-14-8-10-15(11-9-14)12-17(19)18-16-7-5-4-6-13(16)2/h4-11H,3,12H2,1-2H3,(H,18,19). The molecule has 0 spiro atoms. The maximum atomic E-state index is 12.0. The number of anilines is 1. The predicted molar refractivity (Wildman–Crippen MR) is 79.3 cm³/mol. The van der Waals surface area contributed by atoms with Crippen LogP contribution in [0.1, 0.15) is 23.6 Å². The topological polar surface area (TPSA) is 29.1 Å². The Bertz CT molecular complexity index is 558. The van der Waals surface area contributed by atoms with Crippen molar-refractivity contribution >= 4 is 11.6 Å². The molecule has 2 rings (SSSR count). The molecule has 0 unspecified atom stereocenters. The Morgan fingerprint density at radius 3 is 2.26 bits per heavy atom. The molecule has 0 saturated heterocycles. The second kappa shape index (κ2) is 6.19. The zero-order chi connectivity index (χ0) is 13.7. The first-order valence-corrected chi connectivity index (χ1v) is 6.62. The SMILES string of the molecule is CCc1ccc(CC(=O)Nc2ccccc2C)cc1. The minimum absolute atomic E-state index is 0.0264. The lowest BCUT2D eigenvalue weighted by molar-refractivity contribution is -0.115. The lowest BCUT2D eigenvalue weighted by Gasteiger charge is -2.08. The van der Waals surface area contributed by atoms with Gasteiger partial charge in [0.15, 0.2) is 0 Å². The Hall–Kier alpha value is -2.09. The molecule has 2 nitrogen and oxygen atoms in total. The van der Waals surface area contributed by atoms with Gasteiger partial charge in [-0.1, -0.05) is 49.4 Å². The number of aryl methyl sites for hydroxylation is 2. The fourth-order valence-electron chi connectivity index (χ4n) is 1.99.